The van der Waals surface area contributed by atoms with Crippen LogP contribution in [0.2, 0.25) is 0 Å². The Kier molecular flexibility index (Phi) is 7.13. The molecule has 10 heteroatoms. The quantitative estimate of drug-likeness (QED) is 0.456. The van der Waals surface area contributed by atoms with Crippen molar-refractivity contribution in [3.05, 3.63) is 65.4 Å². The summed E-state index contributed by atoms with van der Waals surface area (Å²) in [7, 11) is 0. The molecule has 1 unspecified atom stereocenters. The van der Waals surface area contributed by atoms with Gasteiger partial charge in [0, 0.05) is 75.6 Å². The zero-order valence-electron chi connectivity index (χ0n) is 24.5. The Hall–Kier alpha value is -3.89. The molecule has 0 radical (unpaired) electrons. The number of hydrogen-bond acceptors (Lipinski definition) is 6. The number of fused-ring (bicyclic) bond motifs is 3. The van der Waals surface area contributed by atoms with E-state index in [4.69, 9.17) is 14.2 Å². The Balaban J connectivity index is 1.07. The lowest BCUT2D eigenvalue weighted by molar-refractivity contribution is -0.188. The topological polar surface area (TPSA) is 113 Å². The largest absolute Gasteiger partial charge is 0.438 e. The second-order valence-electron chi connectivity index (χ2n) is 12.3. The molecule has 5 heterocycles. The number of piperidine rings is 2. The lowest BCUT2D eigenvalue weighted by Gasteiger charge is -2.44. The molecule has 10 nitrogen and oxygen atoms in total. The second-order valence-corrected chi connectivity index (χ2v) is 12.3. The number of H-pyrrole nitrogens is 1. The molecule has 3 amide bonds. The summed E-state index contributed by atoms with van der Waals surface area (Å²) in [5, 5.41) is 3.88. The van der Waals surface area contributed by atoms with Crippen LogP contribution in [0.4, 0.5) is 10.5 Å². The van der Waals surface area contributed by atoms with Crippen molar-refractivity contribution in [2.75, 3.05) is 44.7 Å². The van der Waals surface area contributed by atoms with Gasteiger partial charge in [-0.25, -0.2) is 4.79 Å². The van der Waals surface area contributed by atoms with Gasteiger partial charge in [-0.15, -0.1) is 0 Å². The van der Waals surface area contributed by atoms with E-state index in [-0.39, 0.29) is 18.2 Å². The molecule has 43 heavy (non-hydrogen) atoms. The molecule has 2 aromatic carbocycles. The van der Waals surface area contributed by atoms with Gasteiger partial charge in [0.05, 0.1) is 24.8 Å². The maximum absolute atomic E-state index is 14.0. The summed E-state index contributed by atoms with van der Waals surface area (Å²) < 4.78 is 17.6. The number of ether oxygens (including phenoxy) is 3. The molecule has 3 fully saturated rings. The molecule has 1 aromatic heterocycles. The van der Waals surface area contributed by atoms with Crippen LogP contribution in [0.1, 0.15) is 48.8 Å². The van der Waals surface area contributed by atoms with Crippen molar-refractivity contribution < 1.29 is 28.6 Å². The third-order valence-corrected chi connectivity index (χ3v) is 9.69. The summed E-state index contributed by atoms with van der Waals surface area (Å²) in [5.41, 5.74) is 4.20. The van der Waals surface area contributed by atoms with Crippen LogP contribution in [0.5, 0.6) is 0 Å². The average Bonchev–Trinajstić information content (AvgIpc) is 3.67. The van der Waals surface area contributed by atoms with Crippen LogP contribution in [0.15, 0.2) is 48.7 Å². The number of amides is 3. The average molecular weight is 587 g/mol. The number of para-hydroxylation sites is 1. The summed E-state index contributed by atoms with van der Waals surface area (Å²) >= 11 is 0. The second kappa shape index (κ2) is 11.0. The van der Waals surface area contributed by atoms with Crippen molar-refractivity contribution in [1.29, 1.82) is 0 Å². The molecule has 226 valence electrons. The third-order valence-electron chi connectivity index (χ3n) is 9.69. The smallest absolute Gasteiger partial charge is 0.412 e. The number of nitrogens with zero attached hydrogens (tertiary/aromatic N) is 2. The fourth-order valence-electron chi connectivity index (χ4n) is 7.38. The SMILES string of the molecule is Cc1cc(CC(CC(=O)N2CCC3(CC2)OC(=O)Nc2ccccc23)C(=O)N2CCC3(CC2)OCCO3)cc2cc[nH]c12. The third kappa shape index (κ3) is 5.27. The minimum absolute atomic E-state index is 0.00251. The molecule has 0 bridgehead atoms. The predicted octanol–water partition coefficient (Wildman–Crippen LogP) is 4.47. The Morgan fingerprint density at radius 2 is 1.67 bits per heavy atom. The van der Waals surface area contributed by atoms with Gasteiger partial charge in [-0.05, 0) is 48.1 Å². The van der Waals surface area contributed by atoms with Gasteiger partial charge < -0.3 is 29.0 Å². The van der Waals surface area contributed by atoms with Gasteiger partial charge in [0.1, 0.15) is 5.60 Å². The van der Waals surface area contributed by atoms with Crippen LogP contribution >= 0.6 is 0 Å². The Morgan fingerprint density at radius 3 is 2.44 bits per heavy atom. The molecular weight excluding hydrogens is 548 g/mol. The number of benzene rings is 2. The highest BCUT2D eigenvalue weighted by Crippen LogP contribution is 2.43. The van der Waals surface area contributed by atoms with Crippen LogP contribution in [0.25, 0.3) is 10.9 Å². The predicted molar refractivity (Wildman–Crippen MR) is 159 cm³/mol. The molecule has 3 aromatic rings. The monoisotopic (exact) mass is 586 g/mol. The highest BCUT2D eigenvalue weighted by atomic mass is 16.7. The van der Waals surface area contributed by atoms with Gasteiger partial charge in [-0.2, -0.15) is 0 Å². The van der Waals surface area contributed by atoms with Gasteiger partial charge in [0.25, 0.3) is 0 Å². The first-order valence-electron chi connectivity index (χ1n) is 15.3. The lowest BCUT2D eigenvalue weighted by Crippen LogP contribution is -2.51. The van der Waals surface area contributed by atoms with E-state index < -0.39 is 23.4 Å². The zero-order valence-corrected chi connectivity index (χ0v) is 24.5. The maximum Gasteiger partial charge on any atom is 0.412 e. The molecule has 1 atom stereocenters. The molecule has 7 rings (SSSR count). The maximum atomic E-state index is 14.0. The number of carbonyl (C=O) groups excluding carboxylic acids is 3. The number of nitrogens with one attached hydrogen (secondary N) is 2. The molecule has 0 aliphatic carbocycles. The van der Waals surface area contributed by atoms with Gasteiger partial charge >= 0.3 is 6.09 Å². The van der Waals surface area contributed by atoms with E-state index in [1.165, 1.54) is 0 Å². The zero-order chi connectivity index (χ0) is 29.6. The van der Waals surface area contributed by atoms with Crippen LogP contribution in [0, 0.1) is 12.8 Å². The summed E-state index contributed by atoms with van der Waals surface area (Å²) in [5.74, 6) is -1.10. The van der Waals surface area contributed by atoms with Gasteiger partial charge in [-0.3, -0.25) is 14.9 Å². The minimum atomic E-state index is -0.747. The number of carbonyl (C=O) groups is 3. The standard InChI is InChI=1S/C33H38N4O6/c1-22-18-23(19-24-6-11-34-29(22)24)20-25(30(39)37-14-9-33(10-15-37)41-16-17-42-33)21-28(38)36-12-7-32(8-13-36)26-4-2-3-5-27(26)35-31(40)43-32/h2-6,11,18-19,25,34H,7-10,12-17,20-21H2,1H3,(H,35,40). The van der Waals surface area contributed by atoms with Crippen LogP contribution in [-0.2, 0) is 35.8 Å². The number of rotatable bonds is 5. The highest BCUT2D eigenvalue weighted by molar-refractivity contribution is 5.89. The fraction of sp³-hybridized carbons (Fsp3) is 0.485. The van der Waals surface area contributed by atoms with E-state index in [9.17, 15) is 14.4 Å². The summed E-state index contributed by atoms with van der Waals surface area (Å²) in [6.45, 7) is 5.24. The van der Waals surface area contributed by atoms with E-state index in [2.05, 4.69) is 29.4 Å². The summed E-state index contributed by atoms with van der Waals surface area (Å²) in [6, 6.07) is 14.0. The number of aromatic amines is 1. The number of aromatic nitrogens is 1. The van der Waals surface area contributed by atoms with Crippen molar-refractivity contribution in [3.63, 3.8) is 0 Å². The number of hydrogen-bond donors (Lipinski definition) is 2. The van der Waals surface area contributed by atoms with E-state index >= 15 is 0 Å². The van der Waals surface area contributed by atoms with E-state index in [0.717, 1.165) is 33.3 Å². The van der Waals surface area contributed by atoms with Gasteiger partial charge in [0.15, 0.2) is 5.79 Å². The first-order valence-corrected chi connectivity index (χ1v) is 15.3. The van der Waals surface area contributed by atoms with Crippen molar-refractivity contribution in [2.24, 2.45) is 5.92 Å². The van der Waals surface area contributed by atoms with Gasteiger partial charge in [-0.1, -0.05) is 24.3 Å². The molecule has 2 N–H and O–H groups in total. The summed E-state index contributed by atoms with van der Waals surface area (Å²) in [4.78, 5) is 47.2. The normalized spacial score (nSPS) is 21.5. The number of likely N-dealkylation sites (tertiary alicyclic amines) is 2. The van der Waals surface area contributed by atoms with E-state index in [1.54, 1.807) is 0 Å². The molecule has 0 saturated carbocycles. The molecule has 3 saturated heterocycles. The molecule has 2 spiro atoms. The lowest BCUT2D eigenvalue weighted by atomic mass is 9.82. The Morgan fingerprint density at radius 1 is 0.953 bits per heavy atom. The fourth-order valence-corrected chi connectivity index (χ4v) is 7.38. The molecular formula is C33H38N4O6. The van der Waals surface area contributed by atoms with Crippen LogP contribution < -0.4 is 5.32 Å². The Labute approximate surface area is 250 Å². The van der Waals surface area contributed by atoms with Gasteiger partial charge in [0.2, 0.25) is 11.8 Å². The first kappa shape index (κ1) is 27.9. The number of anilines is 1. The van der Waals surface area contributed by atoms with E-state index in [0.29, 0.717) is 71.5 Å². The molecule has 4 aliphatic heterocycles. The van der Waals surface area contributed by atoms with Crippen molar-refractivity contribution >= 4 is 34.5 Å². The van der Waals surface area contributed by atoms with E-state index in [1.807, 2.05) is 46.3 Å². The molecule has 4 aliphatic rings. The number of aryl methyl sites for hydroxylation is 1. The van der Waals surface area contributed by atoms with Crippen LogP contribution in [0.3, 0.4) is 0 Å². The Bertz CT molecular complexity index is 1540. The van der Waals surface area contributed by atoms with Crippen molar-refractivity contribution in [2.45, 2.75) is 56.8 Å². The first-order chi connectivity index (χ1) is 20.8. The van der Waals surface area contributed by atoms with Crippen molar-refractivity contribution in [1.82, 2.24) is 14.8 Å². The summed E-state index contributed by atoms with van der Waals surface area (Å²) in [6.07, 6.45) is 4.37. The van der Waals surface area contributed by atoms with Crippen molar-refractivity contribution in [3.8, 4) is 0 Å². The highest BCUT2D eigenvalue weighted by Gasteiger charge is 2.46. The van der Waals surface area contributed by atoms with Crippen LogP contribution in [-0.4, -0.2) is 77.9 Å². The minimum Gasteiger partial charge on any atom is -0.438 e.